The Morgan fingerprint density at radius 3 is 2.61 bits per heavy atom. The Bertz CT molecular complexity index is 547. The SMILES string of the molecule is [CH-]=C/C=C(\[CH]=[W])n1c(C[CH2-])nc(C)c(C)c1=O.[Y]. The average Bonchev–Trinajstić information content (AvgIpc) is 2.33. The summed E-state index contributed by atoms with van der Waals surface area (Å²) in [4.78, 5) is 16.6. The second-order valence-electron chi connectivity index (χ2n) is 3.53. The molecule has 0 aliphatic heterocycles. The van der Waals surface area contributed by atoms with Crippen LogP contribution in [0.3, 0.4) is 0 Å². The van der Waals surface area contributed by atoms with Crippen molar-refractivity contribution < 1.29 is 52.1 Å². The number of allylic oxidation sites excluding steroid dienone is 3. The predicted octanol–water partition coefficient (Wildman–Crippen LogP) is 1.41. The molecule has 93 valence electrons. The molecule has 1 heterocycles. The molecule has 1 aromatic heterocycles. The predicted molar refractivity (Wildman–Crippen MR) is 66.2 cm³/mol. The Balaban J connectivity index is 0.00000289. The standard InChI is InChI=1S/C13H14N2O.W.Y/c1-6-8-9(3)15-12(7-2)14-11(5)10(4)13(15)16;;/h1,3,6,8H,2,7H2,4-5H3;;/q-2;;/b9-8+;;. The van der Waals surface area contributed by atoms with Gasteiger partial charge in [0.1, 0.15) is 0 Å². The monoisotopic (exact) mass is 487 g/mol. The van der Waals surface area contributed by atoms with Crippen LogP contribution in [0.1, 0.15) is 17.1 Å². The Morgan fingerprint density at radius 1 is 1.56 bits per heavy atom. The second-order valence-corrected chi connectivity index (χ2v) is 4.38. The molecule has 0 N–H and O–H groups in total. The van der Waals surface area contributed by atoms with E-state index in [2.05, 4.69) is 11.9 Å². The van der Waals surface area contributed by atoms with Gasteiger partial charge in [0.2, 0.25) is 0 Å². The van der Waals surface area contributed by atoms with E-state index in [1.54, 1.807) is 17.6 Å². The molecule has 5 heteroatoms. The summed E-state index contributed by atoms with van der Waals surface area (Å²) in [5.41, 5.74) is 2.11. The van der Waals surface area contributed by atoms with E-state index in [1.165, 1.54) is 25.4 Å². The van der Waals surface area contributed by atoms with Crippen LogP contribution in [-0.2, 0) is 58.5 Å². The first-order valence-corrected chi connectivity index (χ1v) is 6.85. The van der Waals surface area contributed by atoms with Crippen LogP contribution in [0.25, 0.3) is 5.70 Å². The van der Waals surface area contributed by atoms with Crippen LogP contribution in [0, 0.1) is 27.4 Å². The third-order valence-corrected chi connectivity index (χ3v) is 3.36. The smallest absolute Gasteiger partial charge is 0 e. The van der Waals surface area contributed by atoms with Gasteiger partial charge in [0, 0.05) is 32.7 Å². The summed E-state index contributed by atoms with van der Waals surface area (Å²) >= 11 is 1.24. The molecule has 0 saturated heterocycles. The van der Waals surface area contributed by atoms with E-state index >= 15 is 0 Å². The van der Waals surface area contributed by atoms with Gasteiger partial charge in [-0.3, -0.25) is 0 Å². The van der Waals surface area contributed by atoms with Crippen LogP contribution >= 0.6 is 0 Å². The zero-order chi connectivity index (χ0) is 13.0. The van der Waals surface area contributed by atoms with Crippen molar-refractivity contribution in [3.8, 4) is 0 Å². The molecule has 0 fully saturated rings. The maximum Gasteiger partial charge on any atom is 0 e. The van der Waals surface area contributed by atoms with Gasteiger partial charge in [0.25, 0.3) is 0 Å². The summed E-state index contributed by atoms with van der Waals surface area (Å²) in [5.74, 6) is 0.656. The Hall–Kier alpha value is 0.0222. The fraction of sp³-hybridized carbons (Fsp3) is 0.231. The summed E-state index contributed by atoms with van der Waals surface area (Å²) in [6.07, 6.45) is 3.58. The first-order valence-electron chi connectivity index (χ1n) is 5.16. The zero-order valence-corrected chi connectivity index (χ0v) is 16.3. The van der Waals surface area contributed by atoms with Gasteiger partial charge in [-0.25, -0.2) is 0 Å². The van der Waals surface area contributed by atoms with Gasteiger partial charge in [-0.1, -0.05) is 0 Å². The third-order valence-electron chi connectivity index (χ3n) is 2.49. The molecule has 0 amide bonds. The van der Waals surface area contributed by atoms with E-state index in [-0.39, 0.29) is 38.3 Å². The summed E-state index contributed by atoms with van der Waals surface area (Å²) in [7, 11) is 0. The Kier molecular flexibility index (Phi) is 8.25. The largest absolute Gasteiger partial charge is 0 e. The molecule has 0 bridgehead atoms. The van der Waals surface area contributed by atoms with Crippen molar-refractivity contribution >= 4 is 10.1 Å². The average molecular weight is 487 g/mol. The van der Waals surface area contributed by atoms with Crippen molar-refractivity contribution in [1.29, 1.82) is 0 Å². The summed E-state index contributed by atoms with van der Waals surface area (Å²) in [6, 6.07) is 0. The number of rotatable bonds is 4. The molecule has 3 nitrogen and oxygen atoms in total. The molecule has 0 aliphatic carbocycles. The quantitative estimate of drug-likeness (QED) is 0.476. The van der Waals surface area contributed by atoms with Gasteiger partial charge < -0.3 is 0 Å². The molecule has 0 saturated carbocycles. The number of hydrogen-bond donors (Lipinski definition) is 0. The van der Waals surface area contributed by atoms with Crippen molar-refractivity contribution in [1.82, 2.24) is 9.55 Å². The molecular weight excluding hydrogens is 473 g/mol. The molecule has 0 aromatic carbocycles. The molecular formula is C13H14N2OWY-2. The minimum atomic E-state index is -0.0539. The fourth-order valence-corrected chi connectivity index (χ4v) is 2.13. The van der Waals surface area contributed by atoms with E-state index in [4.69, 9.17) is 6.58 Å². The van der Waals surface area contributed by atoms with Gasteiger partial charge in [0.05, 0.1) is 0 Å². The van der Waals surface area contributed by atoms with Crippen molar-refractivity contribution in [2.75, 3.05) is 0 Å². The number of nitrogens with zero attached hydrogens (tertiary/aromatic N) is 2. The van der Waals surface area contributed by atoms with Crippen molar-refractivity contribution in [3.63, 3.8) is 0 Å². The zero-order valence-electron chi connectivity index (χ0n) is 10.5. The van der Waals surface area contributed by atoms with Gasteiger partial charge in [-0.05, 0) is 0 Å². The van der Waals surface area contributed by atoms with Crippen LogP contribution in [0.2, 0.25) is 0 Å². The molecule has 18 heavy (non-hydrogen) atoms. The van der Waals surface area contributed by atoms with Crippen molar-refractivity contribution in [2.45, 2.75) is 20.3 Å². The van der Waals surface area contributed by atoms with E-state index < -0.39 is 0 Å². The second kappa shape index (κ2) is 8.24. The third kappa shape index (κ3) is 3.76. The molecule has 1 radical (unpaired) electrons. The van der Waals surface area contributed by atoms with Gasteiger partial charge in [-0.15, -0.1) is 0 Å². The van der Waals surface area contributed by atoms with Crippen LogP contribution in [-0.4, -0.2) is 14.0 Å². The van der Waals surface area contributed by atoms with E-state index in [0.717, 1.165) is 11.4 Å². The Morgan fingerprint density at radius 2 is 2.17 bits per heavy atom. The fourth-order valence-electron chi connectivity index (χ4n) is 1.47. The van der Waals surface area contributed by atoms with Crippen LogP contribution in [0.4, 0.5) is 0 Å². The van der Waals surface area contributed by atoms with Crippen molar-refractivity contribution in [2.24, 2.45) is 0 Å². The first kappa shape index (κ1) is 18.0. The Labute approximate surface area is 144 Å². The summed E-state index contributed by atoms with van der Waals surface area (Å²) in [5, 5.41) is 0. The maximum absolute atomic E-state index is 12.2. The van der Waals surface area contributed by atoms with Crippen LogP contribution < -0.4 is 5.56 Å². The van der Waals surface area contributed by atoms with Crippen LogP contribution in [0.15, 0.2) is 16.9 Å². The van der Waals surface area contributed by atoms with E-state index in [9.17, 15) is 4.79 Å². The van der Waals surface area contributed by atoms with E-state index in [0.29, 0.717) is 17.8 Å². The minimum absolute atomic E-state index is 0. The van der Waals surface area contributed by atoms with Gasteiger partial charge in [0.15, 0.2) is 0 Å². The first-order chi connectivity index (χ1) is 8.06. The number of aryl methyl sites for hydroxylation is 1. The number of aromatic nitrogens is 2. The molecule has 0 aliphatic rings. The minimum Gasteiger partial charge on any atom is 0 e. The van der Waals surface area contributed by atoms with Crippen LogP contribution in [0.5, 0.6) is 0 Å². The van der Waals surface area contributed by atoms with E-state index in [1.807, 2.05) is 11.3 Å². The topological polar surface area (TPSA) is 34.9 Å². The van der Waals surface area contributed by atoms with Gasteiger partial charge >= 0.3 is 112 Å². The molecule has 1 aromatic rings. The maximum atomic E-state index is 12.2. The molecule has 0 unspecified atom stereocenters. The molecule has 0 spiro atoms. The molecule has 1 rings (SSSR count). The number of hydrogen-bond acceptors (Lipinski definition) is 2. The normalized spacial score (nSPS) is 10.7. The summed E-state index contributed by atoms with van der Waals surface area (Å²) in [6.45, 7) is 12.8. The molecule has 0 atom stereocenters. The van der Waals surface area contributed by atoms with Crippen molar-refractivity contribution in [3.05, 3.63) is 53.1 Å². The summed E-state index contributed by atoms with van der Waals surface area (Å²) < 4.78 is 3.48. The van der Waals surface area contributed by atoms with Gasteiger partial charge in [-0.2, -0.15) is 0 Å².